The molecule has 4 aliphatic carbocycles. The monoisotopic (exact) mass is 616 g/mol. The van der Waals surface area contributed by atoms with E-state index in [9.17, 15) is 0 Å². The van der Waals surface area contributed by atoms with Crippen LogP contribution in [0.3, 0.4) is 0 Å². The molecule has 3 unspecified atom stereocenters. The molecule has 3 aromatic carbocycles. The summed E-state index contributed by atoms with van der Waals surface area (Å²) in [7, 11) is 0. The van der Waals surface area contributed by atoms with Gasteiger partial charge in [0.15, 0.2) is 0 Å². The molecular formula is C46H36N2. The molecule has 0 aliphatic heterocycles. The molecule has 2 heteroatoms. The van der Waals surface area contributed by atoms with Gasteiger partial charge in [-0.2, -0.15) is 0 Å². The predicted molar refractivity (Wildman–Crippen MR) is 198 cm³/mol. The maximum absolute atomic E-state index is 4.61. The summed E-state index contributed by atoms with van der Waals surface area (Å²) in [6, 6.07) is 37.7. The molecule has 230 valence electrons. The average molecular weight is 617 g/mol. The van der Waals surface area contributed by atoms with E-state index in [4.69, 9.17) is 0 Å². The minimum atomic E-state index is 0.383. The molecular weight excluding hydrogens is 581 g/mol. The number of allylic oxidation sites excluding steroid dienone is 10. The zero-order chi connectivity index (χ0) is 31.9. The van der Waals surface area contributed by atoms with Gasteiger partial charge in [-0.3, -0.25) is 9.97 Å². The third-order valence-corrected chi connectivity index (χ3v) is 10.5. The number of fused-ring (bicyclic) bond motifs is 3. The fraction of sp³-hybridized carbons (Fsp3) is 0.130. The largest absolute Gasteiger partial charge is 0.256 e. The average Bonchev–Trinajstić information content (AvgIpc) is 3.17. The molecule has 0 radical (unpaired) electrons. The van der Waals surface area contributed by atoms with Gasteiger partial charge >= 0.3 is 0 Å². The van der Waals surface area contributed by atoms with E-state index in [0.717, 1.165) is 41.8 Å². The molecule has 0 fully saturated rings. The van der Waals surface area contributed by atoms with Crippen molar-refractivity contribution >= 4 is 16.7 Å². The number of hydrogen-bond donors (Lipinski definition) is 0. The molecule has 0 amide bonds. The number of aromatic nitrogens is 2. The molecule has 2 aromatic heterocycles. The number of nitrogens with zero attached hydrogens (tertiary/aromatic N) is 2. The molecule has 2 nitrogen and oxygen atoms in total. The normalized spacial score (nSPS) is 20.8. The van der Waals surface area contributed by atoms with Gasteiger partial charge < -0.3 is 0 Å². The first-order valence-electron chi connectivity index (χ1n) is 17.1. The Hall–Kier alpha value is -5.60. The van der Waals surface area contributed by atoms with Crippen LogP contribution in [0, 0.1) is 17.8 Å². The first-order valence-corrected chi connectivity index (χ1v) is 17.1. The Morgan fingerprint density at radius 2 is 1.06 bits per heavy atom. The Morgan fingerprint density at radius 1 is 0.479 bits per heavy atom. The highest BCUT2D eigenvalue weighted by Crippen LogP contribution is 2.44. The SMILES string of the molecule is C1=CC2=C(c3ccc4c(c3)=C(c3ccc(-c5ccccn5)cc3)C3CC=CCC3C=4c3ccc(-c4ccccn4)cc3)C=CCC2C=C1. The van der Waals surface area contributed by atoms with Crippen molar-refractivity contribution in [2.45, 2.75) is 19.3 Å². The Balaban J connectivity index is 1.28. The predicted octanol–water partition coefficient (Wildman–Crippen LogP) is 9.26. The number of pyridine rings is 2. The molecule has 0 spiro atoms. The highest BCUT2D eigenvalue weighted by molar-refractivity contribution is 5.84. The van der Waals surface area contributed by atoms with Crippen LogP contribution in [0.5, 0.6) is 0 Å². The lowest BCUT2D eigenvalue weighted by Gasteiger charge is -2.37. The van der Waals surface area contributed by atoms with Crippen LogP contribution in [0.15, 0.2) is 170 Å². The van der Waals surface area contributed by atoms with Crippen LogP contribution in [0.1, 0.15) is 36.0 Å². The highest BCUT2D eigenvalue weighted by Gasteiger charge is 2.34. The molecule has 0 saturated heterocycles. The van der Waals surface area contributed by atoms with Crippen LogP contribution >= 0.6 is 0 Å². The first-order chi connectivity index (χ1) is 23.8. The van der Waals surface area contributed by atoms with Crippen molar-refractivity contribution in [3.8, 4) is 22.5 Å². The second-order valence-corrected chi connectivity index (χ2v) is 13.2. The molecule has 0 saturated carbocycles. The van der Waals surface area contributed by atoms with E-state index in [1.54, 1.807) is 0 Å². The van der Waals surface area contributed by atoms with E-state index in [1.807, 2.05) is 24.5 Å². The van der Waals surface area contributed by atoms with Crippen molar-refractivity contribution < 1.29 is 0 Å². The fourth-order valence-electron chi connectivity index (χ4n) is 8.24. The molecule has 2 heterocycles. The third-order valence-electron chi connectivity index (χ3n) is 10.5. The van der Waals surface area contributed by atoms with Gasteiger partial charge in [0.05, 0.1) is 11.4 Å². The first kappa shape index (κ1) is 28.6. The van der Waals surface area contributed by atoms with Crippen molar-refractivity contribution in [1.82, 2.24) is 9.97 Å². The number of hydrogen-bond acceptors (Lipinski definition) is 2. The summed E-state index contributed by atoms with van der Waals surface area (Å²) in [4.78, 5) is 9.22. The standard InChI is InChI=1S/C46H36N2/c1-2-12-37-31(10-1)11-9-15-38(37)36-26-27-41-42(30-36)46(35-24-20-33(21-25-35)44-17-6-8-29-48-44)40-14-4-3-13-39(40)45(41)34-22-18-32(19-23-34)43-16-5-7-28-47-43/h1-10,12,15-31,39-40H,11,13-14H2. The maximum atomic E-state index is 4.61. The van der Waals surface area contributed by atoms with Crippen LogP contribution in [0.25, 0.3) is 39.2 Å². The molecule has 9 rings (SSSR count). The Morgan fingerprint density at radius 3 is 1.67 bits per heavy atom. The molecule has 5 aromatic rings. The van der Waals surface area contributed by atoms with Gasteiger partial charge in [0, 0.05) is 29.4 Å². The summed E-state index contributed by atoms with van der Waals surface area (Å²) in [5.74, 6) is 1.22. The van der Waals surface area contributed by atoms with E-state index in [-0.39, 0.29) is 0 Å². The van der Waals surface area contributed by atoms with E-state index >= 15 is 0 Å². The lowest BCUT2D eigenvalue weighted by molar-refractivity contribution is 0.484. The van der Waals surface area contributed by atoms with Crippen LogP contribution in [0.2, 0.25) is 0 Å². The van der Waals surface area contributed by atoms with Crippen LogP contribution in [-0.4, -0.2) is 9.97 Å². The van der Waals surface area contributed by atoms with Crippen molar-refractivity contribution in [3.63, 3.8) is 0 Å². The molecule has 3 atom stereocenters. The second kappa shape index (κ2) is 12.2. The van der Waals surface area contributed by atoms with Gasteiger partial charge in [-0.1, -0.05) is 121 Å². The van der Waals surface area contributed by atoms with E-state index in [1.165, 1.54) is 49.4 Å². The molecule has 0 N–H and O–H groups in total. The zero-order valence-corrected chi connectivity index (χ0v) is 26.8. The topological polar surface area (TPSA) is 25.8 Å². The van der Waals surface area contributed by atoms with Gasteiger partial charge in [-0.05, 0) is 111 Å². The summed E-state index contributed by atoms with van der Waals surface area (Å²) in [5.41, 5.74) is 13.9. The highest BCUT2D eigenvalue weighted by atomic mass is 14.7. The Kier molecular flexibility index (Phi) is 7.28. The third kappa shape index (κ3) is 5.05. The Bertz CT molecular complexity index is 2280. The van der Waals surface area contributed by atoms with Crippen LogP contribution < -0.4 is 10.4 Å². The summed E-state index contributed by atoms with van der Waals surface area (Å²) in [6.07, 6.45) is 25.4. The lowest BCUT2D eigenvalue weighted by atomic mass is 9.67. The van der Waals surface area contributed by atoms with E-state index < -0.39 is 0 Å². The lowest BCUT2D eigenvalue weighted by Crippen LogP contribution is -2.41. The summed E-state index contributed by atoms with van der Waals surface area (Å²) in [5, 5.41) is 2.71. The van der Waals surface area contributed by atoms with Gasteiger partial charge in [0.1, 0.15) is 0 Å². The Labute approximate surface area is 282 Å². The molecule has 0 bridgehead atoms. The van der Waals surface area contributed by atoms with Crippen molar-refractivity contribution in [2.75, 3.05) is 0 Å². The van der Waals surface area contributed by atoms with Gasteiger partial charge in [0.25, 0.3) is 0 Å². The molecule has 4 aliphatic rings. The minimum absolute atomic E-state index is 0.383. The van der Waals surface area contributed by atoms with E-state index in [0.29, 0.717) is 17.8 Å². The summed E-state index contributed by atoms with van der Waals surface area (Å²) < 4.78 is 0. The minimum Gasteiger partial charge on any atom is -0.256 e. The van der Waals surface area contributed by atoms with Gasteiger partial charge in [0.2, 0.25) is 0 Å². The van der Waals surface area contributed by atoms with Crippen LogP contribution in [0.4, 0.5) is 0 Å². The summed E-state index contributed by atoms with van der Waals surface area (Å²) in [6.45, 7) is 0. The zero-order valence-electron chi connectivity index (χ0n) is 26.8. The van der Waals surface area contributed by atoms with Crippen molar-refractivity contribution in [3.05, 3.63) is 197 Å². The number of benzene rings is 3. The van der Waals surface area contributed by atoms with Gasteiger partial charge in [-0.15, -0.1) is 0 Å². The fourth-order valence-corrected chi connectivity index (χ4v) is 8.24. The van der Waals surface area contributed by atoms with E-state index in [2.05, 4.69) is 150 Å². The second-order valence-electron chi connectivity index (χ2n) is 13.2. The quantitative estimate of drug-likeness (QED) is 0.184. The van der Waals surface area contributed by atoms with Crippen molar-refractivity contribution in [2.24, 2.45) is 17.8 Å². The molecule has 48 heavy (non-hydrogen) atoms. The number of rotatable bonds is 5. The van der Waals surface area contributed by atoms with Crippen molar-refractivity contribution in [1.29, 1.82) is 0 Å². The van der Waals surface area contributed by atoms with Crippen LogP contribution in [-0.2, 0) is 0 Å². The summed E-state index contributed by atoms with van der Waals surface area (Å²) >= 11 is 0. The maximum Gasteiger partial charge on any atom is 0.0701 e. The van der Waals surface area contributed by atoms with Gasteiger partial charge in [-0.25, -0.2) is 0 Å². The smallest absolute Gasteiger partial charge is 0.0701 e.